The number of thioether (sulfide) groups is 2. The number of carbonyl (C=O) groups is 3. The molecule has 0 aliphatic rings. The number of ether oxygens (including phenoxy) is 3. The number of hydrogen-bond acceptors (Lipinski definition) is 9. The van der Waals surface area contributed by atoms with E-state index in [0.29, 0.717) is 12.2 Å². The highest BCUT2D eigenvalue weighted by molar-refractivity contribution is 7.99. The van der Waals surface area contributed by atoms with E-state index in [2.05, 4.69) is 16.3 Å². The van der Waals surface area contributed by atoms with Crippen molar-refractivity contribution in [2.75, 3.05) is 36.7 Å². The van der Waals surface area contributed by atoms with E-state index in [1.807, 2.05) is 30.3 Å². The van der Waals surface area contributed by atoms with Gasteiger partial charge in [-0.2, -0.15) is 23.5 Å². The van der Waals surface area contributed by atoms with Crippen LogP contribution in [0.3, 0.4) is 0 Å². The molecule has 33 heavy (non-hydrogen) atoms. The molecule has 0 heterocycles. The van der Waals surface area contributed by atoms with Gasteiger partial charge < -0.3 is 25.3 Å². The zero-order chi connectivity index (χ0) is 24.5. The molecule has 10 heteroatoms. The second kappa shape index (κ2) is 17.6. The molecule has 0 fully saturated rings. The second-order valence-corrected chi connectivity index (χ2v) is 9.50. The Balaban J connectivity index is 2.52. The third-order valence-corrected chi connectivity index (χ3v) is 6.38. The summed E-state index contributed by atoms with van der Waals surface area (Å²) in [5.74, 6) is 1.30. The number of rotatable bonds is 16. The van der Waals surface area contributed by atoms with Crippen LogP contribution in [0.1, 0.15) is 32.3 Å². The summed E-state index contributed by atoms with van der Waals surface area (Å²) in [6.07, 6.45) is 2.48. The van der Waals surface area contributed by atoms with Crippen LogP contribution in [0.25, 0.3) is 0 Å². The fraction of sp³-hybridized carbons (Fsp3) is 0.609. The van der Waals surface area contributed by atoms with Gasteiger partial charge in [-0.15, -0.1) is 0 Å². The molecule has 3 atom stereocenters. The molecule has 0 aliphatic carbocycles. The Morgan fingerprint density at radius 3 is 2.45 bits per heavy atom. The van der Waals surface area contributed by atoms with Crippen molar-refractivity contribution in [2.24, 2.45) is 11.7 Å². The highest BCUT2D eigenvalue weighted by Gasteiger charge is 2.21. The molecule has 0 aromatic heterocycles. The molecular formula is C23H36N2O6S2. The van der Waals surface area contributed by atoms with Crippen LogP contribution in [-0.4, -0.2) is 67.0 Å². The Kier molecular flexibility index (Phi) is 15.5. The predicted octanol–water partition coefficient (Wildman–Crippen LogP) is 3.23. The van der Waals surface area contributed by atoms with E-state index in [9.17, 15) is 14.4 Å². The Morgan fingerprint density at radius 1 is 1.09 bits per heavy atom. The highest BCUT2D eigenvalue weighted by Crippen LogP contribution is 2.17. The van der Waals surface area contributed by atoms with Gasteiger partial charge in [-0.1, -0.05) is 30.3 Å². The molecule has 186 valence electrons. The minimum absolute atomic E-state index is 0.153. The number of esters is 1. The summed E-state index contributed by atoms with van der Waals surface area (Å²) in [6.45, 7) is 2.87. The van der Waals surface area contributed by atoms with Gasteiger partial charge in [0.2, 0.25) is 12.2 Å². The molecular weight excluding hydrogens is 464 g/mol. The molecule has 0 radical (unpaired) electrons. The van der Waals surface area contributed by atoms with Crippen LogP contribution in [0.5, 0.6) is 0 Å². The molecule has 0 saturated carbocycles. The van der Waals surface area contributed by atoms with Gasteiger partial charge in [-0.05, 0) is 49.5 Å². The van der Waals surface area contributed by atoms with Gasteiger partial charge in [0.1, 0.15) is 6.54 Å². The Morgan fingerprint density at radius 2 is 1.79 bits per heavy atom. The first kappa shape index (κ1) is 29.1. The van der Waals surface area contributed by atoms with Crippen molar-refractivity contribution in [1.82, 2.24) is 5.32 Å². The van der Waals surface area contributed by atoms with Crippen molar-refractivity contribution >= 4 is 41.6 Å². The van der Waals surface area contributed by atoms with E-state index < -0.39 is 18.4 Å². The lowest BCUT2D eigenvalue weighted by molar-refractivity contribution is -0.167. The van der Waals surface area contributed by atoms with Crippen molar-refractivity contribution in [2.45, 2.75) is 45.4 Å². The van der Waals surface area contributed by atoms with Gasteiger partial charge >= 0.3 is 12.1 Å². The zero-order valence-corrected chi connectivity index (χ0v) is 21.3. The predicted molar refractivity (Wildman–Crippen MR) is 133 cm³/mol. The van der Waals surface area contributed by atoms with Crippen LogP contribution >= 0.6 is 23.5 Å². The molecule has 1 aromatic carbocycles. The summed E-state index contributed by atoms with van der Waals surface area (Å²) in [5.41, 5.74) is 7.18. The molecule has 0 bridgehead atoms. The number of carbonyl (C=O) groups excluding carboxylic acids is 3. The number of amides is 1. The maximum absolute atomic E-state index is 12.8. The maximum Gasteiger partial charge on any atom is 0.511 e. The first-order chi connectivity index (χ1) is 15.8. The lowest BCUT2D eigenvalue weighted by atomic mass is 10.0. The molecule has 1 rings (SSSR count). The molecule has 0 aliphatic heterocycles. The third kappa shape index (κ3) is 14.1. The SMILES string of the molecule is CCOC(=O)OC(C)OC(=O)CNC(=O)[C@@H](CSCC[C@@H](N)CCSC)Cc1ccccc1. The van der Waals surface area contributed by atoms with E-state index in [4.69, 9.17) is 15.2 Å². The highest BCUT2D eigenvalue weighted by atomic mass is 32.2. The maximum atomic E-state index is 12.8. The normalized spacial score (nSPS) is 13.5. The fourth-order valence-electron chi connectivity index (χ4n) is 2.84. The molecule has 8 nitrogen and oxygen atoms in total. The minimum atomic E-state index is -1.11. The van der Waals surface area contributed by atoms with E-state index in [1.165, 1.54) is 6.92 Å². The monoisotopic (exact) mass is 500 g/mol. The number of nitrogens with two attached hydrogens (primary N) is 1. The molecule has 3 N–H and O–H groups in total. The van der Waals surface area contributed by atoms with Crippen LogP contribution in [-0.2, 0) is 30.2 Å². The summed E-state index contributed by atoms with van der Waals surface area (Å²) >= 11 is 3.48. The first-order valence-electron chi connectivity index (χ1n) is 11.0. The smallest absolute Gasteiger partial charge is 0.435 e. The van der Waals surface area contributed by atoms with Gasteiger partial charge in [0.05, 0.1) is 12.5 Å². The third-order valence-electron chi connectivity index (χ3n) is 4.57. The van der Waals surface area contributed by atoms with Crippen LogP contribution in [0, 0.1) is 5.92 Å². The van der Waals surface area contributed by atoms with Gasteiger partial charge in [0.15, 0.2) is 0 Å². The largest absolute Gasteiger partial charge is 0.511 e. The summed E-state index contributed by atoms with van der Waals surface area (Å²) in [6, 6.07) is 9.92. The van der Waals surface area contributed by atoms with Crippen molar-refractivity contribution in [3.63, 3.8) is 0 Å². The van der Waals surface area contributed by atoms with Gasteiger partial charge in [-0.25, -0.2) is 4.79 Å². The lowest BCUT2D eigenvalue weighted by Crippen LogP contribution is -2.38. The van der Waals surface area contributed by atoms with Crippen molar-refractivity contribution in [3.05, 3.63) is 35.9 Å². The van der Waals surface area contributed by atoms with E-state index in [0.717, 1.165) is 29.9 Å². The van der Waals surface area contributed by atoms with Gasteiger partial charge in [0.25, 0.3) is 0 Å². The van der Waals surface area contributed by atoms with Gasteiger partial charge in [-0.3, -0.25) is 9.59 Å². The quantitative estimate of drug-likeness (QED) is 0.200. The van der Waals surface area contributed by atoms with Crippen molar-refractivity contribution in [3.8, 4) is 0 Å². The number of hydrogen-bond donors (Lipinski definition) is 2. The van der Waals surface area contributed by atoms with Crippen molar-refractivity contribution < 1.29 is 28.6 Å². The summed E-state index contributed by atoms with van der Waals surface area (Å²) < 4.78 is 14.4. The van der Waals surface area contributed by atoms with E-state index in [-0.39, 0.29) is 31.0 Å². The van der Waals surface area contributed by atoms with Gasteiger partial charge in [0, 0.05) is 18.7 Å². The standard InChI is InChI=1S/C23H36N2O6S2/c1-4-29-23(28)31-17(2)30-21(26)15-25-22(27)19(14-18-8-6-5-7-9-18)16-33-13-11-20(24)10-12-32-3/h5-9,17,19-20H,4,10-16,24H2,1-3H3,(H,25,27)/t17?,19-,20+/m1/s1. The average molecular weight is 501 g/mol. The molecule has 1 aromatic rings. The second-order valence-electron chi connectivity index (χ2n) is 7.37. The van der Waals surface area contributed by atoms with Crippen LogP contribution < -0.4 is 11.1 Å². The summed E-state index contributed by atoms with van der Waals surface area (Å²) in [5, 5.41) is 2.64. The Bertz CT molecular complexity index is 707. The molecule has 0 saturated heterocycles. The molecule has 1 amide bonds. The Labute approximate surface area is 205 Å². The first-order valence-corrected chi connectivity index (χ1v) is 13.6. The molecule has 1 unspecified atom stereocenters. The molecule has 0 spiro atoms. The average Bonchev–Trinajstić information content (AvgIpc) is 2.78. The minimum Gasteiger partial charge on any atom is -0.435 e. The summed E-state index contributed by atoms with van der Waals surface area (Å²) in [7, 11) is 0. The lowest BCUT2D eigenvalue weighted by Gasteiger charge is -2.18. The Hall–Kier alpha value is -1.91. The topological polar surface area (TPSA) is 117 Å². The van der Waals surface area contributed by atoms with Crippen molar-refractivity contribution in [1.29, 1.82) is 0 Å². The zero-order valence-electron chi connectivity index (χ0n) is 19.6. The number of benzene rings is 1. The number of nitrogens with one attached hydrogen (secondary N) is 1. The van der Waals surface area contributed by atoms with Crippen LogP contribution in [0.15, 0.2) is 30.3 Å². The van der Waals surface area contributed by atoms with E-state index in [1.54, 1.807) is 30.4 Å². The van der Waals surface area contributed by atoms with E-state index >= 15 is 0 Å². The van der Waals surface area contributed by atoms with Crippen LogP contribution in [0.2, 0.25) is 0 Å². The summed E-state index contributed by atoms with van der Waals surface area (Å²) in [4.78, 5) is 36.1. The van der Waals surface area contributed by atoms with Crippen LogP contribution in [0.4, 0.5) is 4.79 Å². The fourth-order valence-corrected chi connectivity index (χ4v) is 4.57.